The van der Waals surface area contributed by atoms with Crippen molar-refractivity contribution in [1.29, 1.82) is 5.26 Å². The van der Waals surface area contributed by atoms with Crippen LogP contribution in [0, 0.1) is 17.2 Å². The maximum Gasteiger partial charge on any atom is 0.0953 e. The maximum absolute atomic E-state index is 8.96. The van der Waals surface area contributed by atoms with Crippen molar-refractivity contribution < 1.29 is 5.11 Å². The first kappa shape index (κ1) is 11.4. The van der Waals surface area contributed by atoms with Gasteiger partial charge in [-0.25, -0.2) is 0 Å². The van der Waals surface area contributed by atoms with Crippen LogP contribution in [0.3, 0.4) is 0 Å². The fraction of sp³-hybridized carbons (Fsp3) is 0.889. The van der Waals surface area contributed by atoms with Gasteiger partial charge in [-0.2, -0.15) is 5.26 Å². The van der Waals surface area contributed by atoms with Gasteiger partial charge < -0.3 is 5.11 Å². The minimum absolute atomic E-state index is 0.0367. The van der Waals surface area contributed by atoms with Gasteiger partial charge in [-0.15, -0.1) is 0 Å². The summed E-state index contributed by atoms with van der Waals surface area (Å²) in [5.41, 5.74) is 0. The molecule has 0 radical (unpaired) electrons. The zero-order valence-corrected chi connectivity index (χ0v) is 8.04. The molecule has 0 amide bonds. The summed E-state index contributed by atoms with van der Waals surface area (Å²) in [6.45, 7) is 6.10. The van der Waals surface area contributed by atoms with Gasteiger partial charge in [0.25, 0.3) is 0 Å². The predicted octanol–water partition coefficient (Wildman–Crippen LogP) is 0.895. The van der Waals surface area contributed by atoms with E-state index in [0.29, 0.717) is 5.92 Å². The van der Waals surface area contributed by atoms with Crippen molar-refractivity contribution in [3.05, 3.63) is 0 Å². The van der Waals surface area contributed by atoms with E-state index in [1.54, 1.807) is 0 Å². The molecule has 2 unspecified atom stereocenters. The maximum atomic E-state index is 8.96. The molecule has 0 spiro atoms. The monoisotopic (exact) mass is 170 g/mol. The van der Waals surface area contributed by atoms with Crippen LogP contribution in [-0.4, -0.2) is 23.8 Å². The normalized spacial score (nSPS) is 15.7. The summed E-state index contributed by atoms with van der Waals surface area (Å²) in [5, 5.41) is 20.7. The highest BCUT2D eigenvalue weighted by molar-refractivity contribution is 4.91. The smallest absolute Gasteiger partial charge is 0.0953 e. The van der Waals surface area contributed by atoms with Crippen molar-refractivity contribution in [3.8, 4) is 6.07 Å². The topological polar surface area (TPSA) is 56.0 Å². The summed E-state index contributed by atoms with van der Waals surface area (Å²) in [7, 11) is 0. The molecule has 0 rings (SSSR count). The van der Waals surface area contributed by atoms with E-state index in [1.165, 1.54) is 0 Å². The molecule has 0 aromatic rings. The molecule has 2 N–H and O–H groups in total. The zero-order valence-electron chi connectivity index (χ0n) is 8.04. The largest absolute Gasteiger partial charge is 0.395 e. The molecule has 12 heavy (non-hydrogen) atoms. The molecule has 3 heteroatoms. The van der Waals surface area contributed by atoms with Crippen molar-refractivity contribution in [2.75, 3.05) is 6.61 Å². The van der Waals surface area contributed by atoms with E-state index in [0.717, 1.165) is 6.42 Å². The van der Waals surface area contributed by atoms with Crippen LogP contribution in [0.1, 0.15) is 27.2 Å². The highest BCUT2D eigenvalue weighted by Crippen LogP contribution is 2.02. The van der Waals surface area contributed by atoms with Gasteiger partial charge in [0.15, 0.2) is 0 Å². The van der Waals surface area contributed by atoms with E-state index >= 15 is 0 Å². The second kappa shape index (κ2) is 5.99. The molecular formula is C9H18N2O. The predicted molar refractivity (Wildman–Crippen MR) is 48.5 cm³/mol. The fourth-order valence-corrected chi connectivity index (χ4v) is 0.961. The Morgan fingerprint density at radius 3 is 2.33 bits per heavy atom. The summed E-state index contributed by atoms with van der Waals surface area (Å²) in [5.74, 6) is 0.359. The van der Waals surface area contributed by atoms with Crippen LogP contribution in [-0.2, 0) is 0 Å². The van der Waals surface area contributed by atoms with Crippen molar-refractivity contribution >= 4 is 0 Å². The zero-order chi connectivity index (χ0) is 9.56. The number of nitriles is 1. The van der Waals surface area contributed by atoms with Crippen molar-refractivity contribution in [1.82, 2.24) is 5.32 Å². The summed E-state index contributed by atoms with van der Waals surface area (Å²) in [6, 6.07) is 2.05. The second-order valence-electron chi connectivity index (χ2n) is 3.29. The third kappa shape index (κ3) is 3.70. The molecule has 0 saturated heterocycles. The lowest BCUT2D eigenvalue weighted by molar-refractivity contribution is 0.205. The van der Waals surface area contributed by atoms with E-state index in [4.69, 9.17) is 10.4 Å². The third-order valence-electron chi connectivity index (χ3n) is 1.98. The van der Waals surface area contributed by atoms with Crippen LogP contribution in [0.2, 0.25) is 0 Å². The number of rotatable bonds is 5. The number of aliphatic hydroxyl groups is 1. The number of hydrogen-bond donors (Lipinski definition) is 2. The molecule has 0 aromatic heterocycles. The minimum atomic E-state index is -0.135. The molecule has 3 nitrogen and oxygen atoms in total. The Labute approximate surface area is 74.4 Å². The van der Waals surface area contributed by atoms with Crippen molar-refractivity contribution in [3.63, 3.8) is 0 Å². The Bertz CT molecular complexity index is 151. The van der Waals surface area contributed by atoms with E-state index in [9.17, 15) is 0 Å². The van der Waals surface area contributed by atoms with Crippen LogP contribution >= 0.6 is 0 Å². The number of aliphatic hydroxyl groups excluding tert-OH is 1. The van der Waals surface area contributed by atoms with Gasteiger partial charge in [-0.05, 0) is 12.3 Å². The van der Waals surface area contributed by atoms with Crippen LogP contribution in [0.15, 0.2) is 0 Å². The van der Waals surface area contributed by atoms with Gasteiger partial charge in [0.05, 0.1) is 18.7 Å². The van der Waals surface area contributed by atoms with Gasteiger partial charge in [0.1, 0.15) is 0 Å². The molecular weight excluding hydrogens is 152 g/mol. The van der Waals surface area contributed by atoms with Crippen LogP contribution in [0.25, 0.3) is 0 Å². The highest BCUT2D eigenvalue weighted by atomic mass is 16.3. The van der Waals surface area contributed by atoms with E-state index in [1.807, 2.05) is 20.8 Å². The third-order valence-corrected chi connectivity index (χ3v) is 1.98. The quantitative estimate of drug-likeness (QED) is 0.644. The van der Waals surface area contributed by atoms with Gasteiger partial charge >= 0.3 is 0 Å². The lowest BCUT2D eigenvalue weighted by Crippen LogP contribution is -2.42. The Kier molecular flexibility index (Phi) is 5.69. The van der Waals surface area contributed by atoms with E-state index in [2.05, 4.69) is 11.4 Å². The van der Waals surface area contributed by atoms with Crippen LogP contribution in [0.4, 0.5) is 0 Å². The summed E-state index contributed by atoms with van der Waals surface area (Å²) < 4.78 is 0. The Morgan fingerprint density at radius 1 is 1.50 bits per heavy atom. The lowest BCUT2D eigenvalue weighted by atomic mass is 10.0. The highest BCUT2D eigenvalue weighted by Gasteiger charge is 2.15. The molecule has 0 aliphatic carbocycles. The molecule has 0 aromatic carbocycles. The molecule has 0 aliphatic rings. The number of nitrogens with zero attached hydrogens (tertiary/aromatic N) is 1. The number of hydrogen-bond acceptors (Lipinski definition) is 3. The van der Waals surface area contributed by atoms with Gasteiger partial charge in [0, 0.05) is 6.04 Å². The van der Waals surface area contributed by atoms with Crippen LogP contribution in [0.5, 0.6) is 0 Å². The SMILES string of the molecule is CCC(C#N)NC(CO)C(C)C. The first-order chi connectivity index (χ1) is 5.65. The second-order valence-corrected chi connectivity index (χ2v) is 3.29. The molecule has 0 heterocycles. The van der Waals surface area contributed by atoms with Gasteiger partial charge in [-0.1, -0.05) is 20.8 Å². The average Bonchev–Trinajstić information content (AvgIpc) is 2.06. The molecule has 0 fully saturated rings. The fourth-order valence-electron chi connectivity index (χ4n) is 0.961. The minimum Gasteiger partial charge on any atom is -0.395 e. The molecule has 0 saturated carbocycles. The molecule has 2 atom stereocenters. The Balaban J connectivity index is 3.93. The van der Waals surface area contributed by atoms with Crippen LogP contribution < -0.4 is 5.32 Å². The summed E-state index contributed by atoms with van der Waals surface area (Å²) >= 11 is 0. The van der Waals surface area contributed by atoms with Crippen molar-refractivity contribution in [2.24, 2.45) is 5.92 Å². The lowest BCUT2D eigenvalue weighted by Gasteiger charge is -2.22. The standard InChI is InChI=1S/C9H18N2O/c1-4-8(5-10)11-9(6-12)7(2)3/h7-9,11-12H,4,6H2,1-3H3. The Morgan fingerprint density at radius 2 is 2.08 bits per heavy atom. The van der Waals surface area contributed by atoms with Crippen molar-refractivity contribution in [2.45, 2.75) is 39.3 Å². The summed E-state index contributed by atoms with van der Waals surface area (Å²) in [4.78, 5) is 0. The van der Waals surface area contributed by atoms with Gasteiger partial charge in [-0.3, -0.25) is 5.32 Å². The van der Waals surface area contributed by atoms with E-state index < -0.39 is 0 Å². The van der Waals surface area contributed by atoms with Gasteiger partial charge in [0.2, 0.25) is 0 Å². The first-order valence-corrected chi connectivity index (χ1v) is 4.42. The average molecular weight is 170 g/mol. The Hall–Kier alpha value is -0.590. The molecule has 70 valence electrons. The molecule has 0 aliphatic heterocycles. The van der Waals surface area contributed by atoms with E-state index in [-0.39, 0.29) is 18.7 Å². The molecule has 0 bridgehead atoms. The first-order valence-electron chi connectivity index (χ1n) is 4.42. The number of nitrogens with one attached hydrogen (secondary N) is 1. The summed E-state index contributed by atoms with van der Waals surface area (Å²) in [6.07, 6.45) is 0.778.